The number of carbonyl (C=O) groups is 2. The van der Waals surface area contributed by atoms with Crippen molar-refractivity contribution < 1.29 is 18.7 Å². The van der Waals surface area contributed by atoms with E-state index < -0.39 is 17.2 Å². The van der Waals surface area contributed by atoms with Crippen LogP contribution in [0.3, 0.4) is 0 Å². The predicted octanol–water partition coefficient (Wildman–Crippen LogP) is 1.90. The number of amides is 1. The number of halogens is 1. The molecule has 19 heavy (non-hydrogen) atoms. The van der Waals surface area contributed by atoms with E-state index in [-0.39, 0.29) is 12.5 Å². The molecule has 0 spiro atoms. The lowest BCUT2D eigenvalue weighted by Crippen LogP contribution is -2.40. The molecule has 1 heterocycles. The van der Waals surface area contributed by atoms with E-state index in [4.69, 9.17) is 4.74 Å². The summed E-state index contributed by atoms with van der Waals surface area (Å²) in [7, 11) is 0. The van der Waals surface area contributed by atoms with Gasteiger partial charge in [0.2, 0.25) is 0 Å². The minimum Gasteiger partial charge on any atom is -0.464 e. The van der Waals surface area contributed by atoms with Crippen molar-refractivity contribution in [2.45, 2.75) is 12.3 Å². The molecule has 0 N–H and O–H groups in total. The first-order valence-electron chi connectivity index (χ1n) is 5.98. The van der Waals surface area contributed by atoms with E-state index in [9.17, 15) is 14.0 Å². The van der Waals surface area contributed by atoms with Crippen LogP contribution in [0.25, 0.3) is 0 Å². The largest absolute Gasteiger partial charge is 0.464 e. The summed E-state index contributed by atoms with van der Waals surface area (Å²) >= 11 is 1.38. The Kier molecular flexibility index (Phi) is 4.42. The van der Waals surface area contributed by atoms with E-state index in [1.54, 1.807) is 6.92 Å². The molecule has 6 heteroatoms. The van der Waals surface area contributed by atoms with E-state index in [0.717, 1.165) is 0 Å². The second-order valence-electron chi connectivity index (χ2n) is 3.98. The van der Waals surface area contributed by atoms with Crippen LogP contribution in [0.15, 0.2) is 24.3 Å². The maximum atomic E-state index is 12.8. The van der Waals surface area contributed by atoms with Crippen molar-refractivity contribution in [3.63, 3.8) is 0 Å². The zero-order valence-corrected chi connectivity index (χ0v) is 11.3. The molecule has 0 bridgehead atoms. The number of esters is 1. The second kappa shape index (κ2) is 6.06. The third kappa shape index (κ3) is 3.07. The number of benzene rings is 1. The molecule has 1 fully saturated rings. The third-order valence-corrected chi connectivity index (χ3v) is 3.91. The maximum Gasteiger partial charge on any atom is 0.339 e. The van der Waals surface area contributed by atoms with Gasteiger partial charge in [0, 0.05) is 17.9 Å². The van der Waals surface area contributed by atoms with Gasteiger partial charge in [-0.15, -0.1) is 11.8 Å². The Balaban J connectivity index is 2.13. The number of carbonyl (C=O) groups excluding carboxylic acids is 2. The number of hydrogen-bond donors (Lipinski definition) is 0. The molecular weight excluding hydrogens is 269 g/mol. The van der Waals surface area contributed by atoms with Crippen LogP contribution in [0.5, 0.6) is 0 Å². The van der Waals surface area contributed by atoms with Gasteiger partial charge in [0.1, 0.15) is 5.82 Å². The molecule has 0 saturated carbocycles. The van der Waals surface area contributed by atoms with Gasteiger partial charge >= 0.3 is 5.97 Å². The number of rotatable bonds is 3. The highest BCUT2D eigenvalue weighted by Crippen LogP contribution is 2.26. The summed E-state index contributed by atoms with van der Waals surface area (Å²) in [6, 6.07) is 5.30. The summed E-state index contributed by atoms with van der Waals surface area (Å²) in [5.74, 6) is -0.381. The molecular formula is C13H14FNO3S. The van der Waals surface area contributed by atoms with Gasteiger partial charge in [-0.3, -0.25) is 4.79 Å². The minimum atomic E-state index is -0.600. The fourth-order valence-electron chi connectivity index (χ4n) is 1.85. The summed E-state index contributed by atoms with van der Waals surface area (Å²) in [6.45, 7) is 2.50. The molecule has 1 atom stereocenters. The summed E-state index contributed by atoms with van der Waals surface area (Å²) in [4.78, 5) is 25.5. The zero-order valence-electron chi connectivity index (χ0n) is 10.5. The van der Waals surface area contributed by atoms with Gasteiger partial charge in [0.05, 0.1) is 6.61 Å². The summed E-state index contributed by atoms with van der Waals surface area (Å²) in [5, 5.41) is -0.600. The first-order chi connectivity index (χ1) is 9.13. The van der Waals surface area contributed by atoms with Crippen molar-refractivity contribution in [2.24, 2.45) is 0 Å². The van der Waals surface area contributed by atoms with Crippen LogP contribution in [0.4, 0.5) is 4.39 Å². The van der Waals surface area contributed by atoms with Crippen LogP contribution in [0.2, 0.25) is 0 Å². The van der Waals surface area contributed by atoms with Gasteiger partial charge in [-0.25, -0.2) is 9.18 Å². The fraction of sp³-hybridized carbons (Fsp3) is 0.385. The first kappa shape index (κ1) is 13.9. The molecule has 1 aliphatic heterocycles. The van der Waals surface area contributed by atoms with Gasteiger partial charge in [-0.1, -0.05) is 0 Å². The van der Waals surface area contributed by atoms with Gasteiger partial charge in [0.25, 0.3) is 5.91 Å². The quantitative estimate of drug-likeness (QED) is 0.795. The molecule has 1 amide bonds. The van der Waals surface area contributed by atoms with Crippen LogP contribution < -0.4 is 0 Å². The van der Waals surface area contributed by atoms with E-state index in [1.165, 1.54) is 40.9 Å². The lowest BCUT2D eigenvalue weighted by molar-refractivity contribution is -0.144. The van der Waals surface area contributed by atoms with E-state index >= 15 is 0 Å². The van der Waals surface area contributed by atoms with Crippen molar-refractivity contribution in [3.05, 3.63) is 35.6 Å². The van der Waals surface area contributed by atoms with Crippen molar-refractivity contribution in [3.8, 4) is 0 Å². The Bertz CT molecular complexity index is 477. The van der Waals surface area contributed by atoms with Crippen molar-refractivity contribution in [2.75, 3.05) is 18.9 Å². The topological polar surface area (TPSA) is 46.6 Å². The molecule has 4 nitrogen and oxygen atoms in total. The molecule has 1 aliphatic rings. The standard InChI is InChI=1S/C13H14FNO3S/c1-2-18-13(17)12-15(7-8-19-12)11(16)9-3-5-10(14)6-4-9/h3-6,12H,2,7-8H2,1H3. The number of thioether (sulfide) groups is 1. The normalized spacial score (nSPS) is 18.4. The summed E-state index contributed by atoms with van der Waals surface area (Å²) in [6.07, 6.45) is 0. The van der Waals surface area contributed by atoms with E-state index in [0.29, 0.717) is 17.9 Å². The van der Waals surface area contributed by atoms with Crippen LogP contribution in [-0.2, 0) is 9.53 Å². The number of hydrogen-bond acceptors (Lipinski definition) is 4. The Morgan fingerprint density at radius 3 is 2.74 bits per heavy atom. The van der Waals surface area contributed by atoms with E-state index in [2.05, 4.69) is 0 Å². The van der Waals surface area contributed by atoms with E-state index in [1.807, 2.05) is 0 Å². The monoisotopic (exact) mass is 283 g/mol. The summed E-state index contributed by atoms with van der Waals surface area (Å²) in [5.41, 5.74) is 0.373. The molecule has 1 aromatic rings. The van der Waals surface area contributed by atoms with Gasteiger partial charge in [0.15, 0.2) is 5.37 Å². The first-order valence-corrected chi connectivity index (χ1v) is 7.03. The highest BCUT2D eigenvalue weighted by Gasteiger charge is 2.36. The number of ether oxygens (including phenoxy) is 1. The molecule has 2 rings (SSSR count). The predicted molar refractivity (Wildman–Crippen MR) is 70.3 cm³/mol. The SMILES string of the molecule is CCOC(=O)C1SCCN1C(=O)c1ccc(F)cc1. The van der Waals surface area contributed by atoms with Gasteiger partial charge in [-0.05, 0) is 31.2 Å². The lowest BCUT2D eigenvalue weighted by Gasteiger charge is -2.22. The molecule has 1 saturated heterocycles. The molecule has 102 valence electrons. The molecule has 1 aromatic carbocycles. The highest BCUT2D eigenvalue weighted by atomic mass is 32.2. The van der Waals surface area contributed by atoms with Crippen LogP contribution in [-0.4, -0.2) is 41.1 Å². The van der Waals surface area contributed by atoms with Crippen molar-refractivity contribution in [1.29, 1.82) is 0 Å². The Morgan fingerprint density at radius 1 is 1.42 bits per heavy atom. The van der Waals surface area contributed by atoms with Crippen LogP contribution in [0.1, 0.15) is 17.3 Å². The molecule has 0 aromatic heterocycles. The van der Waals surface area contributed by atoms with Crippen molar-refractivity contribution in [1.82, 2.24) is 4.90 Å². The fourth-order valence-corrected chi connectivity index (χ4v) is 2.96. The zero-order chi connectivity index (χ0) is 13.8. The summed E-state index contributed by atoms with van der Waals surface area (Å²) < 4.78 is 17.8. The van der Waals surface area contributed by atoms with Crippen molar-refractivity contribution >= 4 is 23.6 Å². The Hall–Kier alpha value is -1.56. The minimum absolute atomic E-state index is 0.275. The Morgan fingerprint density at radius 2 is 2.11 bits per heavy atom. The molecule has 0 aliphatic carbocycles. The highest BCUT2D eigenvalue weighted by molar-refractivity contribution is 8.00. The Labute approximate surface area is 114 Å². The lowest BCUT2D eigenvalue weighted by atomic mass is 10.2. The molecule has 0 radical (unpaired) electrons. The average Bonchev–Trinajstić information content (AvgIpc) is 2.88. The smallest absolute Gasteiger partial charge is 0.339 e. The van der Waals surface area contributed by atoms with Gasteiger partial charge in [-0.2, -0.15) is 0 Å². The van der Waals surface area contributed by atoms with Gasteiger partial charge < -0.3 is 9.64 Å². The van der Waals surface area contributed by atoms with Crippen LogP contribution in [0, 0.1) is 5.82 Å². The molecule has 1 unspecified atom stereocenters. The second-order valence-corrected chi connectivity index (χ2v) is 5.17. The number of nitrogens with zero attached hydrogens (tertiary/aromatic N) is 1. The maximum absolute atomic E-state index is 12.8. The average molecular weight is 283 g/mol. The third-order valence-electron chi connectivity index (χ3n) is 2.73. The van der Waals surface area contributed by atoms with Crippen LogP contribution >= 0.6 is 11.8 Å².